The number of likely N-dealkylation sites (N-methyl/N-ethyl adjacent to an activating group) is 2. The van der Waals surface area contributed by atoms with Gasteiger partial charge in [-0.15, -0.1) is 0 Å². The molecule has 0 fully saturated rings. The Morgan fingerprint density at radius 3 is 2.17 bits per heavy atom. The molecule has 1 N–H and O–H groups in total. The summed E-state index contributed by atoms with van der Waals surface area (Å²) in [6.07, 6.45) is -2.22. The molecule has 0 aromatic carbocycles. The minimum absolute atomic E-state index is 0.137. The van der Waals surface area contributed by atoms with Gasteiger partial charge in [0.15, 0.2) is 0 Å². The lowest BCUT2D eigenvalue weighted by Gasteiger charge is -2.14. The third-order valence-corrected chi connectivity index (χ3v) is 1.19. The molecular formula is C8H20F2N2. The van der Waals surface area contributed by atoms with Gasteiger partial charge in [0.05, 0.1) is 6.54 Å². The molecule has 76 valence electrons. The van der Waals surface area contributed by atoms with Crippen molar-refractivity contribution in [2.45, 2.75) is 20.3 Å². The first-order valence-electron chi connectivity index (χ1n) is 4.28. The second kappa shape index (κ2) is 10.8. The second-order valence-electron chi connectivity index (χ2n) is 2.26. The lowest BCUT2D eigenvalue weighted by molar-refractivity contribution is 0.101. The van der Waals surface area contributed by atoms with Crippen LogP contribution in [0.25, 0.3) is 0 Å². The van der Waals surface area contributed by atoms with Gasteiger partial charge in [0, 0.05) is 13.1 Å². The van der Waals surface area contributed by atoms with Gasteiger partial charge < -0.3 is 5.32 Å². The molecule has 2 nitrogen and oxygen atoms in total. The van der Waals surface area contributed by atoms with Gasteiger partial charge in [0.1, 0.15) is 0 Å². The quantitative estimate of drug-likeness (QED) is 0.692. The molecule has 0 rings (SSSR count). The highest BCUT2D eigenvalue weighted by atomic mass is 19.3. The molecule has 0 aromatic heterocycles. The molecule has 0 heterocycles. The van der Waals surface area contributed by atoms with E-state index in [4.69, 9.17) is 0 Å². The van der Waals surface area contributed by atoms with E-state index in [1.807, 2.05) is 13.8 Å². The zero-order valence-corrected chi connectivity index (χ0v) is 8.40. The van der Waals surface area contributed by atoms with E-state index in [0.717, 1.165) is 6.54 Å². The fourth-order valence-electron chi connectivity index (χ4n) is 0.630. The van der Waals surface area contributed by atoms with Gasteiger partial charge >= 0.3 is 0 Å². The number of halogens is 2. The minimum Gasteiger partial charge on any atom is -0.318 e. The van der Waals surface area contributed by atoms with E-state index in [9.17, 15) is 8.78 Å². The van der Waals surface area contributed by atoms with Gasteiger partial charge in [0.25, 0.3) is 6.43 Å². The van der Waals surface area contributed by atoms with E-state index in [2.05, 4.69) is 5.32 Å². The van der Waals surface area contributed by atoms with E-state index in [1.54, 1.807) is 19.0 Å². The van der Waals surface area contributed by atoms with Crippen LogP contribution >= 0.6 is 0 Å². The average molecular weight is 182 g/mol. The molecule has 12 heavy (non-hydrogen) atoms. The molecule has 0 unspecified atom stereocenters. The maximum absolute atomic E-state index is 11.7. The average Bonchev–Trinajstić information content (AvgIpc) is 2.03. The zero-order chi connectivity index (χ0) is 9.98. The highest BCUT2D eigenvalue weighted by Crippen LogP contribution is 1.93. The SMILES string of the molecule is CC.CNCCN(C)CC(F)F. The molecule has 0 bridgehead atoms. The summed E-state index contributed by atoms with van der Waals surface area (Å²) >= 11 is 0. The van der Waals surface area contributed by atoms with E-state index < -0.39 is 6.43 Å². The predicted octanol–water partition coefficient (Wildman–Crippen LogP) is 1.43. The van der Waals surface area contributed by atoms with Crippen molar-refractivity contribution >= 4 is 0 Å². The predicted molar refractivity (Wildman–Crippen MR) is 48.8 cm³/mol. The summed E-state index contributed by atoms with van der Waals surface area (Å²) in [6, 6.07) is 0. The molecule has 0 aromatic rings. The summed E-state index contributed by atoms with van der Waals surface area (Å²) in [5, 5.41) is 2.89. The molecule has 0 amide bonds. The van der Waals surface area contributed by atoms with Crippen molar-refractivity contribution in [1.82, 2.24) is 10.2 Å². The monoisotopic (exact) mass is 182 g/mol. The van der Waals surface area contributed by atoms with Crippen LogP contribution in [0.2, 0.25) is 0 Å². The first kappa shape index (κ1) is 14.3. The van der Waals surface area contributed by atoms with Crippen LogP contribution < -0.4 is 5.32 Å². The smallest absolute Gasteiger partial charge is 0.251 e. The molecule has 4 heteroatoms. The Kier molecular flexibility index (Phi) is 12.9. The topological polar surface area (TPSA) is 15.3 Å². The highest BCUT2D eigenvalue weighted by molar-refractivity contribution is 4.53. The van der Waals surface area contributed by atoms with Crippen LogP contribution in [0.3, 0.4) is 0 Å². The van der Waals surface area contributed by atoms with Gasteiger partial charge in [-0.1, -0.05) is 13.8 Å². The van der Waals surface area contributed by atoms with Gasteiger partial charge in [-0.3, -0.25) is 4.90 Å². The third kappa shape index (κ3) is 12.5. The maximum Gasteiger partial charge on any atom is 0.251 e. The minimum atomic E-state index is -2.22. The van der Waals surface area contributed by atoms with Gasteiger partial charge in [0.2, 0.25) is 0 Å². The van der Waals surface area contributed by atoms with Gasteiger partial charge in [-0.25, -0.2) is 8.78 Å². The van der Waals surface area contributed by atoms with Crippen LogP contribution in [-0.2, 0) is 0 Å². The van der Waals surface area contributed by atoms with Crippen LogP contribution in [0.5, 0.6) is 0 Å². The number of hydrogen-bond donors (Lipinski definition) is 1. The third-order valence-electron chi connectivity index (χ3n) is 1.19. The molecule has 0 saturated heterocycles. The van der Waals surface area contributed by atoms with E-state index in [0.29, 0.717) is 6.54 Å². The Balaban J connectivity index is 0. The van der Waals surface area contributed by atoms with Crippen LogP contribution in [0.4, 0.5) is 8.78 Å². The normalized spacial score (nSPS) is 10.0. The van der Waals surface area contributed by atoms with Gasteiger partial charge in [-0.05, 0) is 14.1 Å². The Hall–Kier alpha value is -0.220. The second-order valence-corrected chi connectivity index (χ2v) is 2.26. The van der Waals surface area contributed by atoms with Gasteiger partial charge in [-0.2, -0.15) is 0 Å². The summed E-state index contributed by atoms with van der Waals surface area (Å²) in [5.74, 6) is 0. The molecule has 0 radical (unpaired) electrons. The fourth-order valence-corrected chi connectivity index (χ4v) is 0.630. The Bertz CT molecular complexity index is 79.5. The standard InChI is InChI=1S/C6H14F2N2.C2H6/c1-9-3-4-10(2)5-6(7)8;1-2/h6,9H,3-5H2,1-2H3;1-2H3. The fraction of sp³-hybridized carbons (Fsp3) is 1.00. The summed E-state index contributed by atoms with van der Waals surface area (Å²) in [4.78, 5) is 1.60. The van der Waals surface area contributed by atoms with Crippen LogP contribution in [0, 0.1) is 0 Å². The van der Waals surface area contributed by atoms with Crippen molar-refractivity contribution < 1.29 is 8.78 Å². The summed E-state index contributed by atoms with van der Waals surface area (Å²) in [6.45, 7) is 5.28. The van der Waals surface area contributed by atoms with E-state index in [1.165, 1.54) is 0 Å². The van der Waals surface area contributed by atoms with Crippen molar-refractivity contribution in [1.29, 1.82) is 0 Å². The zero-order valence-electron chi connectivity index (χ0n) is 8.40. The molecule has 0 atom stereocenters. The molecule has 0 aliphatic heterocycles. The number of alkyl halides is 2. The number of rotatable bonds is 5. The number of nitrogens with zero attached hydrogens (tertiary/aromatic N) is 1. The van der Waals surface area contributed by atoms with Crippen LogP contribution in [0.15, 0.2) is 0 Å². The lowest BCUT2D eigenvalue weighted by Crippen LogP contribution is -2.31. The van der Waals surface area contributed by atoms with E-state index in [-0.39, 0.29) is 6.54 Å². The summed E-state index contributed by atoms with van der Waals surface area (Å²) in [5.41, 5.74) is 0. The first-order chi connectivity index (χ1) is 5.66. The Morgan fingerprint density at radius 2 is 1.83 bits per heavy atom. The van der Waals surface area contributed by atoms with Crippen molar-refractivity contribution in [3.8, 4) is 0 Å². The van der Waals surface area contributed by atoms with Crippen molar-refractivity contribution in [2.75, 3.05) is 33.7 Å². The molecule has 0 spiro atoms. The summed E-state index contributed by atoms with van der Waals surface area (Å²) < 4.78 is 23.3. The number of nitrogens with one attached hydrogen (secondary N) is 1. The summed E-state index contributed by atoms with van der Waals surface area (Å²) in [7, 11) is 3.49. The van der Waals surface area contributed by atoms with Crippen molar-refractivity contribution in [3.05, 3.63) is 0 Å². The van der Waals surface area contributed by atoms with Crippen LogP contribution in [-0.4, -0.2) is 45.1 Å². The lowest BCUT2D eigenvalue weighted by atomic mass is 10.5. The molecule has 0 saturated carbocycles. The molecule has 0 aliphatic rings. The Labute approximate surface area is 73.9 Å². The Morgan fingerprint density at radius 1 is 1.33 bits per heavy atom. The first-order valence-corrected chi connectivity index (χ1v) is 4.28. The molecular weight excluding hydrogens is 162 g/mol. The molecule has 0 aliphatic carbocycles. The van der Waals surface area contributed by atoms with Crippen molar-refractivity contribution in [3.63, 3.8) is 0 Å². The largest absolute Gasteiger partial charge is 0.318 e. The highest BCUT2D eigenvalue weighted by Gasteiger charge is 2.05. The maximum atomic E-state index is 11.7. The van der Waals surface area contributed by atoms with Crippen LogP contribution in [0.1, 0.15) is 13.8 Å². The van der Waals surface area contributed by atoms with E-state index >= 15 is 0 Å². The van der Waals surface area contributed by atoms with Crippen molar-refractivity contribution in [2.24, 2.45) is 0 Å². The number of hydrogen-bond acceptors (Lipinski definition) is 2.